The summed E-state index contributed by atoms with van der Waals surface area (Å²) in [5, 5.41) is 19.1. The van der Waals surface area contributed by atoms with Crippen LogP contribution in [0.25, 0.3) is 21.9 Å². The molecule has 4 aliphatic rings. The molecule has 7 aromatic rings. The number of methoxy groups -OCH3 is 6. The number of carbonyl (C=O) groups is 3. The number of phenolic OH excluding ortho intramolecular Hbond substituents is 1. The number of nitrogens with zero attached hydrogens (tertiary/aromatic N) is 2. The Morgan fingerprint density at radius 3 is 2.19 bits per heavy atom. The van der Waals surface area contributed by atoms with E-state index in [-0.39, 0.29) is 40.9 Å². The summed E-state index contributed by atoms with van der Waals surface area (Å²) in [6, 6.07) is 25.5. The quantitative estimate of drug-likeness (QED) is 0.0663. The number of benzene rings is 5. The van der Waals surface area contributed by atoms with Crippen LogP contribution in [0.15, 0.2) is 103 Å². The summed E-state index contributed by atoms with van der Waals surface area (Å²) in [4.78, 5) is 50.3. The smallest absolute Gasteiger partial charge is 0.338 e. The number of rotatable bonds is 12. The molecule has 0 amide bonds. The number of aromatic nitrogens is 1. The number of aliphatic imine (C=N–C) groups is 1. The molecule has 3 aliphatic heterocycles. The first-order valence-electron chi connectivity index (χ1n) is 25.9. The van der Waals surface area contributed by atoms with E-state index in [1.807, 2.05) is 43.3 Å². The summed E-state index contributed by atoms with van der Waals surface area (Å²) in [7, 11) is 9.10. The van der Waals surface area contributed by atoms with Crippen molar-refractivity contribution >= 4 is 106 Å². The van der Waals surface area contributed by atoms with Crippen molar-refractivity contribution in [3.63, 3.8) is 0 Å². The predicted octanol–water partition coefficient (Wildman–Crippen LogP) is 12.0. The second-order valence-electron chi connectivity index (χ2n) is 19.4. The van der Waals surface area contributed by atoms with Crippen LogP contribution in [-0.2, 0) is 31.8 Å². The predicted molar refractivity (Wildman–Crippen MR) is 314 cm³/mol. The van der Waals surface area contributed by atoms with Crippen LogP contribution < -0.4 is 29.6 Å². The van der Waals surface area contributed by atoms with Crippen molar-refractivity contribution < 1.29 is 57.1 Å². The van der Waals surface area contributed by atoms with Gasteiger partial charge in [-0.2, -0.15) is 0 Å². The maximum Gasteiger partial charge on any atom is 0.338 e. The van der Waals surface area contributed by atoms with Gasteiger partial charge in [0.15, 0.2) is 23.2 Å². The van der Waals surface area contributed by atoms with Gasteiger partial charge < -0.3 is 58.3 Å². The van der Waals surface area contributed by atoms with E-state index in [2.05, 4.69) is 63.4 Å². The number of nitrogens with one attached hydrogen (secondary N) is 3. The van der Waals surface area contributed by atoms with Gasteiger partial charge in [0, 0.05) is 66.8 Å². The van der Waals surface area contributed by atoms with Gasteiger partial charge in [0.1, 0.15) is 35.1 Å². The average molecular weight is 1260 g/mol. The largest absolute Gasteiger partial charge is 0.506 e. The number of carbonyl (C=O) groups excluding carboxylic acids is 3. The highest BCUT2D eigenvalue weighted by atomic mass is 79.9. The third-order valence-electron chi connectivity index (χ3n) is 15.1. The van der Waals surface area contributed by atoms with Gasteiger partial charge in [0.2, 0.25) is 5.75 Å². The van der Waals surface area contributed by atoms with E-state index < -0.39 is 24.1 Å². The van der Waals surface area contributed by atoms with Gasteiger partial charge in [-0.25, -0.2) is 4.79 Å². The molecule has 5 aromatic carbocycles. The van der Waals surface area contributed by atoms with Crippen molar-refractivity contribution in [3.05, 3.63) is 138 Å². The van der Waals surface area contributed by atoms with Crippen molar-refractivity contribution in [3.8, 4) is 28.7 Å². The molecule has 5 heterocycles. The number of aromatic hydroxyl groups is 1. The molecule has 21 heteroatoms. The number of phenols is 1. The summed E-state index contributed by atoms with van der Waals surface area (Å²) in [5.41, 5.74) is 6.30. The summed E-state index contributed by atoms with van der Waals surface area (Å²) < 4.78 is 45.8. The van der Waals surface area contributed by atoms with Crippen LogP contribution in [0.5, 0.6) is 28.7 Å². The van der Waals surface area contributed by atoms with E-state index in [1.54, 1.807) is 56.7 Å². The lowest BCUT2D eigenvalue weighted by molar-refractivity contribution is -0.176. The lowest BCUT2D eigenvalue weighted by atomic mass is 9.63. The van der Waals surface area contributed by atoms with Gasteiger partial charge in [-0.15, -0.1) is 0 Å². The maximum absolute atomic E-state index is 13.5. The minimum absolute atomic E-state index is 0.0170. The molecule has 2 fully saturated rings. The lowest BCUT2D eigenvalue weighted by Gasteiger charge is -2.52. The van der Waals surface area contributed by atoms with Crippen LogP contribution >= 0.6 is 55.1 Å². The van der Waals surface area contributed by atoms with E-state index in [4.69, 9.17) is 60.8 Å². The first kappa shape index (κ1) is 58.2. The number of aromatic amines is 1. The average Bonchev–Trinajstić information content (AvgIpc) is 4.25. The van der Waals surface area contributed by atoms with E-state index in [9.17, 15) is 19.5 Å². The van der Waals surface area contributed by atoms with Gasteiger partial charge in [-0.05, 0) is 123 Å². The summed E-state index contributed by atoms with van der Waals surface area (Å²) in [6.45, 7) is 5.27. The Balaban J connectivity index is 0.000000176. The van der Waals surface area contributed by atoms with Crippen LogP contribution in [0.3, 0.4) is 0 Å². The number of halogens is 4. The summed E-state index contributed by atoms with van der Waals surface area (Å²) in [5.74, 6) is 1.79. The number of furan rings is 1. The fourth-order valence-corrected chi connectivity index (χ4v) is 13.1. The molecule has 11 rings (SSSR count). The molecule has 4 N–H and O–H groups in total. The molecule has 422 valence electrons. The molecule has 80 heavy (non-hydrogen) atoms. The fraction of sp³-hybridized carbons (Fsp3) is 0.356. The van der Waals surface area contributed by atoms with Crippen molar-refractivity contribution in [1.82, 2.24) is 15.2 Å². The van der Waals surface area contributed by atoms with Crippen molar-refractivity contribution in [2.24, 2.45) is 22.7 Å². The van der Waals surface area contributed by atoms with E-state index in [0.717, 1.165) is 61.6 Å². The number of piperidine rings is 1. The van der Waals surface area contributed by atoms with Crippen molar-refractivity contribution in [2.45, 2.75) is 50.9 Å². The molecule has 1 saturated carbocycles. The normalized spacial score (nSPS) is 20.0. The highest BCUT2D eigenvalue weighted by Gasteiger charge is 2.54. The van der Waals surface area contributed by atoms with Gasteiger partial charge >= 0.3 is 11.9 Å². The van der Waals surface area contributed by atoms with Crippen LogP contribution in [0, 0.1) is 17.8 Å². The number of para-hydroxylation sites is 2. The maximum atomic E-state index is 13.5. The fourth-order valence-electron chi connectivity index (χ4n) is 11.4. The molecule has 6 atom stereocenters. The number of ketones is 1. The third kappa shape index (κ3) is 11.8. The zero-order valence-electron chi connectivity index (χ0n) is 45.0. The number of guanidine groups is 1. The standard InChI is InChI=1S/C33H40N2O9.C17H12Br2O3.C9H9Cl2N3/c1-38-19-7-8-20-21-9-10-35-16-18-13-27(44-32(36)17-11-25(39-2)30(41-4)26(12-17)40-3)31(42-5)28(33(37)43-6)22(18)15-24(35)29(21)34-23(20)14-19;1-2-13-15(10-5-3-4-6-14(10)22-13)16(20)9-7-11(18)17(21)12(19)8-9;10-6-2-1-3-7(11)8(6)14-9-12-4-5-13-9/h7-8,11-12,14,18,22,24,27-28,31,34H,9-10,13,15-16H2,1-6H3;3-8,21H,2H2,1H3;1-3H,4-5H2,(H2,12,13,14)/t18-,22+,24-,27-,28+,31+;;/m1../s1. The second kappa shape index (κ2) is 25.5. The molecular weight excluding hydrogens is 1200 g/mol. The van der Waals surface area contributed by atoms with Crippen LogP contribution in [-0.4, -0.2) is 120 Å². The van der Waals surface area contributed by atoms with Crippen molar-refractivity contribution in [1.29, 1.82) is 0 Å². The molecule has 0 bridgehead atoms. The van der Waals surface area contributed by atoms with Crippen LogP contribution in [0.2, 0.25) is 10.0 Å². The number of hydrogen-bond acceptors (Lipinski definition) is 16. The van der Waals surface area contributed by atoms with E-state index >= 15 is 0 Å². The number of anilines is 1. The van der Waals surface area contributed by atoms with E-state index in [0.29, 0.717) is 77.2 Å². The van der Waals surface area contributed by atoms with E-state index in [1.165, 1.54) is 45.1 Å². The number of ether oxygens (including phenoxy) is 7. The Morgan fingerprint density at radius 1 is 0.850 bits per heavy atom. The van der Waals surface area contributed by atoms with Gasteiger partial charge in [0.05, 0.1) is 89.9 Å². The number of H-pyrrole nitrogens is 1. The molecular formula is C59H61Br2Cl2N5O12. The zero-order chi connectivity index (χ0) is 56.9. The van der Waals surface area contributed by atoms with Gasteiger partial charge in [0.25, 0.3) is 0 Å². The molecule has 0 radical (unpaired) electrons. The minimum Gasteiger partial charge on any atom is -0.506 e. The summed E-state index contributed by atoms with van der Waals surface area (Å²) >= 11 is 18.5. The Hall–Kier alpha value is -6.48. The number of esters is 2. The molecule has 0 spiro atoms. The first-order valence-corrected chi connectivity index (χ1v) is 28.3. The van der Waals surface area contributed by atoms with Gasteiger partial charge in [-0.1, -0.05) is 54.4 Å². The van der Waals surface area contributed by atoms with Crippen molar-refractivity contribution in [2.75, 3.05) is 74.2 Å². The van der Waals surface area contributed by atoms with Crippen LogP contribution in [0.4, 0.5) is 5.69 Å². The molecule has 0 unspecified atom stereocenters. The topological polar surface area (TPSA) is 205 Å². The zero-order valence-corrected chi connectivity index (χ0v) is 49.7. The highest BCUT2D eigenvalue weighted by molar-refractivity contribution is 9.11. The highest BCUT2D eigenvalue weighted by Crippen LogP contribution is 2.51. The third-order valence-corrected chi connectivity index (χ3v) is 17.0. The van der Waals surface area contributed by atoms with Crippen LogP contribution in [0.1, 0.15) is 69.1 Å². The Labute approximate surface area is 489 Å². The lowest BCUT2D eigenvalue weighted by Crippen LogP contribution is -2.58. The second-order valence-corrected chi connectivity index (χ2v) is 22.0. The number of aryl methyl sites for hydroxylation is 1. The molecule has 17 nitrogen and oxygen atoms in total. The van der Waals surface area contributed by atoms with Gasteiger partial charge in [-0.3, -0.25) is 19.5 Å². The first-order chi connectivity index (χ1) is 38.6. The number of fused-ring (bicyclic) bond motifs is 7. The summed E-state index contributed by atoms with van der Waals surface area (Å²) in [6.07, 6.45) is 1.55. The Kier molecular flexibility index (Phi) is 18.6. The Morgan fingerprint density at radius 2 is 1.56 bits per heavy atom. The molecule has 1 saturated heterocycles. The SMILES string of the molecule is CCc1oc2ccccc2c1C(=O)c1cc(Br)c(O)c(Br)c1.COC(=O)[C@H]1[C@H]2C[C@@H]3c4[nH]c5cc(OC)ccc5c4CCN3C[C@H]2C[C@@H](OC(=O)c2cc(OC)c(OC)c(OC)c2)[C@@H]1OC.Clc1cccc(Cl)c1NC1=NCCN1. The minimum atomic E-state index is -0.670. The molecule has 2 aromatic heterocycles. The molecule has 1 aliphatic carbocycles. The monoisotopic (exact) mass is 1260 g/mol. The Bertz CT molecular complexity index is 3410. The number of hydrogen-bond donors (Lipinski definition) is 4.